The maximum atomic E-state index is 14.8. The predicted molar refractivity (Wildman–Crippen MR) is 321 cm³/mol. The number of hydrogen-bond acceptors (Lipinski definition) is 12. The van der Waals surface area contributed by atoms with Gasteiger partial charge >= 0.3 is 0 Å². The van der Waals surface area contributed by atoms with Crippen molar-refractivity contribution in [2.75, 3.05) is 42.3 Å². The van der Waals surface area contributed by atoms with Crippen molar-refractivity contribution in [3.63, 3.8) is 0 Å². The zero-order valence-corrected chi connectivity index (χ0v) is 54.1. The summed E-state index contributed by atoms with van der Waals surface area (Å²) in [7, 11) is 8.53. The highest BCUT2D eigenvalue weighted by Crippen LogP contribution is 2.23. The average Bonchev–Trinajstić information content (AvgIpc) is 3.54. The zero-order valence-electron chi connectivity index (χ0n) is 54.1. The van der Waals surface area contributed by atoms with Crippen LogP contribution in [0.15, 0.2) is 30.3 Å². The van der Waals surface area contributed by atoms with E-state index in [0.717, 1.165) is 4.90 Å². The van der Waals surface area contributed by atoms with E-state index in [-0.39, 0.29) is 49.9 Å². The molecule has 2 rings (SSSR count). The lowest BCUT2D eigenvalue weighted by Gasteiger charge is -2.38. The molecule has 6 N–H and O–H groups in total. The number of hydrogen-bond donors (Lipinski definition) is 6. The highest BCUT2D eigenvalue weighted by molar-refractivity contribution is 5.99. The molecule has 1 fully saturated rings. The molecule has 0 aliphatic carbocycles. The van der Waals surface area contributed by atoms with E-state index >= 15 is 0 Å². The van der Waals surface area contributed by atoms with Gasteiger partial charge in [-0.05, 0) is 89.0 Å². The maximum absolute atomic E-state index is 14.8. The van der Waals surface area contributed by atoms with Crippen LogP contribution < -0.4 is 26.6 Å². The normalized spacial score (nSPS) is 27.7. The minimum absolute atomic E-state index is 0.0881. The number of rotatable bonds is 12. The van der Waals surface area contributed by atoms with Crippen molar-refractivity contribution in [3.8, 4) is 0 Å². The summed E-state index contributed by atoms with van der Waals surface area (Å²) in [5.41, 5.74) is 0.619. The van der Waals surface area contributed by atoms with E-state index < -0.39 is 149 Å². The molecule has 1 aromatic carbocycles. The molecule has 0 bridgehead atoms. The summed E-state index contributed by atoms with van der Waals surface area (Å²) in [6, 6.07) is -4.45. The highest BCUT2D eigenvalue weighted by atomic mass is 16.3. The van der Waals surface area contributed by atoms with E-state index in [1.54, 1.807) is 58.0 Å². The van der Waals surface area contributed by atoms with E-state index in [0.29, 0.717) is 12.0 Å². The Bertz CT molecular complexity index is 2440. The Hall–Kier alpha value is -6.65. The van der Waals surface area contributed by atoms with Gasteiger partial charge in [0.2, 0.25) is 65.0 Å². The Kier molecular flexibility index (Phi) is 29.0. The summed E-state index contributed by atoms with van der Waals surface area (Å²) in [6.07, 6.45) is -0.984. The van der Waals surface area contributed by atoms with Crippen LogP contribution in [-0.4, -0.2) is 214 Å². The first-order chi connectivity index (χ1) is 38.9. The summed E-state index contributed by atoms with van der Waals surface area (Å²) in [5.74, 6) is -8.75. The summed E-state index contributed by atoms with van der Waals surface area (Å²) in [5, 5.41) is 24.9. The maximum Gasteiger partial charge on any atom is 0.246 e. The molecule has 13 atom stereocenters. The summed E-state index contributed by atoms with van der Waals surface area (Å²) >= 11 is 0. The standard InChI is InChI=1S/C61H103N11O12/c1-22-37(10)49-55(78)62-38(11)31-48(74)67(16)41(14)58(81)71(20)47(30-35(6)7)60(83)69(18)45(28-33(2)3)54(77)66-50(42(15)73)56(79)64-44(32-43-26-24-23-25-27-43)59(82)68(17)40(13)52(75)63-39(12)57(80)72(21)51(36(8)9)61(84)70(19)46(29-34(4)5)53(76)65-49/h23-27,33-42,44-47,49-51,73H,22,28-32H2,1-21H3,(H,62,78)(H,63,75)(H,64,79)(H,65,76)(H,66,77)/t37-,38-,39-,40-,41-,42+,44-,45-,46-,47-,49-,50-,51-/m0/s1. The number of nitrogens with zero attached hydrogens (tertiary/aromatic N) is 6. The van der Waals surface area contributed by atoms with Crippen molar-refractivity contribution in [2.24, 2.45) is 29.6 Å². The van der Waals surface area contributed by atoms with Crippen LogP contribution in [0.3, 0.4) is 0 Å². The third-order valence-electron chi connectivity index (χ3n) is 16.1. The van der Waals surface area contributed by atoms with Gasteiger partial charge in [0.15, 0.2) is 0 Å². The lowest BCUT2D eigenvalue weighted by atomic mass is 9.95. The Labute approximate surface area is 499 Å². The third kappa shape index (κ3) is 20.3. The monoisotopic (exact) mass is 1180 g/mol. The summed E-state index contributed by atoms with van der Waals surface area (Å²) in [6.45, 7) is 25.6. The topological polar surface area (TPSA) is 288 Å². The molecule has 0 spiro atoms. The molecule has 84 heavy (non-hydrogen) atoms. The number of amides is 11. The summed E-state index contributed by atoms with van der Waals surface area (Å²) in [4.78, 5) is 166. The van der Waals surface area contributed by atoms with Gasteiger partial charge in [-0.2, -0.15) is 0 Å². The van der Waals surface area contributed by atoms with E-state index in [9.17, 15) is 57.8 Å². The van der Waals surface area contributed by atoms with Crippen LogP contribution in [0.25, 0.3) is 0 Å². The zero-order chi connectivity index (χ0) is 64.5. The van der Waals surface area contributed by atoms with Gasteiger partial charge in [0.05, 0.1) is 6.10 Å². The molecule has 1 aliphatic rings. The molecule has 0 unspecified atom stereocenters. The van der Waals surface area contributed by atoms with Gasteiger partial charge in [-0.25, -0.2) is 0 Å². The first-order valence-corrected chi connectivity index (χ1v) is 29.7. The second kappa shape index (κ2) is 33.2. The van der Waals surface area contributed by atoms with E-state index in [2.05, 4.69) is 26.6 Å². The van der Waals surface area contributed by atoms with Crippen molar-refractivity contribution in [3.05, 3.63) is 35.9 Å². The molecule has 1 saturated heterocycles. The highest BCUT2D eigenvalue weighted by Gasteiger charge is 2.43. The van der Waals surface area contributed by atoms with Crippen LogP contribution in [0, 0.1) is 29.6 Å². The SMILES string of the molecule is CC[C@H](C)[C@@H]1NC(=O)[C@H](CC(C)C)N(C)C(=O)[C@H](C(C)C)N(C)C(=O)[C@H](C)NC(=O)[C@H](C)N(C)C(=O)[C@H](Cc2ccccc2)NC(=O)[C@H]([C@@H](C)O)NC(=O)[C@H](CC(C)C)N(C)C(=O)[C@H](CC(C)C)N(C)C(=O)[C@H](C)N(C)C(=O)C[C@H](C)NC1=O. The summed E-state index contributed by atoms with van der Waals surface area (Å²) < 4.78 is 0. The smallest absolute Gasteiger partial charge is 0.246 e. The number of aliphatic hydroxyl groups is 1. The van der Waals surface area contributed by atoms with Crippen LogP contribution in [-0.2, 0) is 59.2 Å². The lowest BCUT2D eigenvalue weighted by Crippen LogP contribution is -2.62. The number of aliphatic hydroxyl groups excluding tert-OH is 1. The second-order valence-corrected chi connectivity index (χ2v) is 24.9. The van der Waals surface area contributed by atoms with Gasteiger partial charge in [0.25, 0.3) is 0 Å². The second-order valence-electron chi connectivity index (χ2n) is 24.9. The van der Waals surface area contributed by atoms with Crippen molar-refractivity contribution < 1.29 is 57.8 Å². The molecule has 0 saturated carbocycles. The van der Waals surface area contributed by atoms with E-state index in [1.807, 2.05) is 48.5 Å². The van der Waals surface area contributed by atoms with Crippen LogP contribution in [0.5, 0.6) is 0 Å². The Morgan fingerprint density at radius 1 is 0.476 bits per heavy atom. The largest absolute Gasteiger partial charge is 0.391 e. The van der Waals surface area contributed by atoms with Gasteiger partial charge in [-0.3, -0.25) is 52.7 Å². The molecular formula is C61H103N11O12. The molecule has 1 aromatic rings. The average molecular weight is 1180 g/mol. The van der Waals surface area contributed by atoms with E-state index in [4.69, 9.17) is 0 Å². The van der Waals surface area contributed by atoms with Crippen LogP contribution in [0.1, 0.15) is 142 Å². The van der Waals surface area contributed by atoms with Crippen LogP contribution in [0.2, 0.25) is 0 Å². The number of benzene rings is 1. The van der Waals surface area contributed by atoms with Gasteiger partial charge in [0.1, 0.15) is 60.4 Å². The van der Waals surface area contributed by atoms with Gasteiger partial charge in [0, 0.05) is 61.2 Å². The van der Waals surface area contributed by atoms with Gasteiger partial charge < -0.3 is 61.1 Å². The van der Waals surface area contributed by atoms with Gasteiger partial charge in [-0.1, -0.05) is 106 Å². The molecule has 0 radical (unpaired) electrons. The van der Waals surface area contributed by atoms with Crippen LogP contribution >= 0.6 is 0 Å². The third-order valence-corrected chi connectivity index (χ3v) is 16.1. The molecular weight excluding hydrogens is 1080 g/mol. The Morgan fingerprint density at radius 2 is 0.940 bits per heavy atom. The van der Waals surface area contributed by atoms with Crippen LogP contribution in [0.4, 0.5) is 0 Å². The fourth-order valence-corrected chi connectivity index (χ4v) is 10.3. The number of likely N-dealkylation sites (N-methyl/N-ethyl adjacent to an activating group) is 6. The molecule has 11 amide bonds. The fraction of sp³-hybridized carbons (Fsp3) is 0.721. The number of nitrogens with one attached hydrogen (secondary N) is 5. The van der Waals surface area contributed by atoms with Crippen molar-refractivity contribution in [1.82, 2.24) is 56.0 Å². The molecule has 1 heterocycles. The lowest BCUT2D eigenvalue weighted by molar-refractivity contribution is -0.152. The molecule has 1 aliphatic heterocycles. The van der Waals surface area contributed by atoms with E-state index in [1.165, 1.54) is 94.5 Å². The first-order valence-electron chi connectivity index (χ1n) is 29.7. The molecule has 474 valence electrons. The number of carbonyl (C=O) groups excluding carboxylic acids is 11. The predicted octanol–water partition coefficient (Wildman–Crippen LogP) is 2.32. The molecule has 0 aromatic heterocycles. The molecule has 23 nitrogen and oxygen atoms in total. The first kappa shape index (κ1) is 73.5. The van der Waals surface area contributed by atoms with Crippen molar-refractivity contribution in [2.45, 2.75) is 215 Å². The fourth-order valence-electron chi connectivity index (χ4n) is 10.3. The minimum atomic E-state index is -1.67. The minimum Gasteiger partial charge on any atom is -0.391 e. The Balaban J connectivity index is 2.87. The quantitative estimate of drug-likeness (QED) is 0.176. The van der Waals surface area contributed by atoms with Crippen molar-refractivity contribution in [1.29, 1.82) is 0 Å². The van der Waals surface area contributed by atoms with Gasteiger partial charge in [-0.15, -0.1) is 0 Å². The Morgan fingerprint density at radius 3 is 1.42 bits per heavy atom. The van der Waals surface area contributed by atoms with Crippen molar-refractivity contribution >= 4 is 65.0 Å². The number of carbonyl (C=O) groups is 11. The molecule has 23 heteroatoms.